The van der Waals surface area contributed by atoms with Crippen LogP contribution in [-0.2, 0) is 24.5 Å². The lowest BCUT2D eigenvalue weighted by molar-refractivity contribution is 0.170. The zero-order chi connectivity index (χ0) is 15.2. The number of pyridine rings is 1. The first-order valence-corrected chi connectivity index (χ1v) is 7.06. The number of aryl methyl sites for hydroxylation is 1. The van der Waals surface area contributed by atoms with Gasteiger partial charge in [0.1, 0.15) is 6.61 Å². The van der Waals surface area contributed by atoms with Gasteiger partial charge in [0, 0.05) is 25.4 Å². The second kappa shape index (κ2) is 7.09. The summed E-state index contributed by atoms with van der Waals surface area (Å²) < 4.78 is 13.1. The molecule has 0 unspecified atom stereocenters. The number of hydrogen-bond acceptors (Lipinski definition) is 3. The molecule has 2 aromatic rings. The Morgan fingerprint density at radius 2 is 1.86 bits per heavy atom. The quantitative estimate of drug-likeness (QED) is 0.820. The molecule has 1 heterocycles. The number of methoxy groups -OCH3 is 1. The van der Waals surface area contributed by atoms with Crippen LogP contribution in [0.4, 0.5) is 0 Å². The number of aromatic nitrogens is 1. The fraction of sp³-hybridized carbons (Fsp3) is 0.353. The van der Waals surface area contributed by atoms with Crippen LogP contribution in [0.5, 0.6) is 5.75 Å². The zero-order valence-corrected chi connectivity index (χ0v) is 12.8. The molecule has 0 atom stereocenters. The van der Waals surface area contributed by atoms with Gasteiger partial charge in [-0.05, 0) is 19.4 Å². The zero-order valence-electron chi connectivity index (χ0n) is 12.8. The van der Waals surface area contributed by atoms with Crippen molar-refractivity contribution in [2.45, 2.75) is 33.6 Å². The standard InChI is InChI=1S/C17H21NO3/c1-4-18-13(2)10-16(19)17(15(18)12-20-3)21-11-14-8-6-5-7-9-14/h5-10H,4,11-12H2,1-3H3. The van der Waals surface area contributed by atoms with Crippen LogP contribution in [0.25, 0.3) is 0 Å². The summed E-state index contributed by atoms with van der Waals surface area (Å²) >= 11 is 0. The Labute approximate surface area is 124 Å². The minimum atomic E-state index is -0.0971. The third-order valence-electron chi connectivity index (χ3n) is 3.40. The van der Waals surface area contributed by atoms with Crippen LogP contribution < -0.4 is 10.2 Å². The van der Waals surface area contributed by atoms with E-state index in [-0.39, 0.29) is 5.43 Å². The van der Waals surface area contributed by atoms with Gasteiger partial charge in [0.05, 0.1) is 12.3 Å². The van der Waals surface area contributed by atoms with E-state index in [0.717, 1.165) is 23.5 Å². The van der Waals surface area contributed by atoms with Crippen molar-refractivity contribution >= 4 is 0 Å². The monoisotopic (exact) mass is 287 g/mol. The Kier molecular flexibility index (Phi) is 5.17. The van der Waals surface area contributed by atoms with E-state index in [1.54, 1.807) is 13.2 Å². The number of hydrogen-bond donors (Lipinski definition) is 0. The molecule has 112 valence electrons. The van der Waals surface area contributed by atoms with E-state index in [0.29, 0.717) is 19.0 Å². The molecule has 2 rings (SSSR count). The summed E-state index contributed by atoms with van der Waals surface area (Å²) in [5, 5.41) is 0. The first kappa shape index (κ1) is 15.3. The topological polar surface area (TPSA) is 40.5 Å². The molecule has 21 heavy (non-hydrogen) atoms. The normalized spacial score (nSPS) is 10.6. The molecule has 0 spiro atoms. The van der Waals surface area contributed by atoms with Gasteiger partial charge in [-0.15, -0.1) is 0 Å². The molecule has 0 radical (unpaired) electrons. The second-order valence-electron chi connectivity index (χ2n) is 4.88. The highest BCUT2D eigenvalue weighted by Gasteiger charge is 2.14. The number of nitrogens with zero attached hydrogens (tertiary/aromatic N) is 1. The van der Waals surface area contributed by atoms with E-state index >= 15 is 0 Å². The molecule has 1 aromatic carbocycles. The second-order valence-corrected chi connectivity index (χ2v) is 4.88. The van der Waals surface area contributed by atoms with Crippen LogP contribution in [0.2, 0.25) is 0 Å². The minimum Gasteiger partial charge on any atom is -0.483 e. The van der Waals surface area contributed by atoms with Gasteiger partial charge in [-0.2, -0.15) is 0 Å². The van der Waals surface area contributed by atoms with Crippen LogP contribution in [0.3, 0.4) is 0 Å². The van der Waals surface area contributed by atoms with Crippen molar-refractivity contribution in [3.63, 3.8) is 0 Å². The first-order chi connectivity index (χ1) is 10.2. The van der Waals surface area contributed by atoms with Gasteiger partial charge in [-0.3, -0.25) is 4.79 Å². The van der Waals surface area contributed by atoms with E-state index in [2.05, 4.69) is 0 Å². The lowest BCUT2D eigenvalue weighted by Gasteiger charge is -2.18. The van der Waals surface area contributed by atoms with Gasteiger partial charge < -0.3 is 14.0 Å². The Balaban J connectivity index is 2.35. The fourth-order valence-corrected chi connectivity index (χ4v) is 2.42. The van der Waals surface area contributed by atoms with Crippen molar-refractivity contribution in [2.24, 2.45) is 0 Å². The van der Waals surface area contributed by atoms with Crippen LogP contribution in [-0.4, -0.2) is 11.7 Å². The summed E-state index contributed by atoms with van der Waals surface area (Å²) in [6.45, 7) is 5.46. The molecule has 4 heteroatoms. The Bertz CT molecular complexity index is 647. The maximum atomic E-state index is 12.2. The van der Waals surface area contributed by atoms with Crippen molar-refractivity contribution in [1.29, 1.82) is 0 Å². The SMILES string of the molecule is CCn1c(C)cc(=O)c(OCc2ccccc2)c1COC. The average molecular weight is 287 g/mol. The van der Waals surface area contributed by atoms with Crippen molar-refractivity contribution in [3.05, 3.63) is 63.6 Å². The van der Waals surface area contributed by atoms with E-state index < -0.39 is 0 Å². The summed E-state index contributed by atoms with van der Waals surface area (Å²) in [7, 11) is 1.62. The molecule has 0 fully saturated rings. The summed E-state index contributed by atoms with van der Waals surface area (Å²) in [5.74, 6) is 0.383. The smallest absolute Gasteiger partial charge is 0.224 e. The van der Waals surface area contributed by atoms with E-state index in [4.69, 9.17) is 9.47 Å². The predicted molar refractivity (Wildman–Crippen MR) is 82.6 cm³/mol. The number of ether oxygens (including phenoxy) is 2. The molecule has 0 aliphatic heterocycles. The van der Waals surface area contributed by atoms with E-state index in [1.807, 2.05) is 48.7 Å². The Hall–Kier alpha value is -2.07. The largest absolute Gasteiger partial charge is 0.483 e. The number of rotatable bonds is 6. The molecule has 4 nitrogen and oxygen atoms in total. The van der Waals surface area contributed by atoms with Crippen molar-refractivity contribution in [2.75, 3.05) is 7.11 Å². The van der Waals surface area contributed by atoms with Gasteiger partial charge in [0.25, 0.3) is 0 Å². The molecule has 0 saturated heterocycles. The van der Waals surface area contributed by atoms with Crippen molar-refractivity contribution in [3.8, 4) is 5.75 Å². The molecule has 0 aliphatic rings. The van der Waals surface area contributed by atoms with Gasteiger partial charge in [0.2, 0.25) is 5.43 Å². The molecular formula is C17H21NO3. The van der Waals surface area contributed by atoms with Crippen molar-refractivity contribution < 1.29 is 9.47 Å². The van der Waals surface area contributed by atoms with Gasteiger partial charge in [-0.25, -0.2) is 0 Å². The minimum absolute atomic E-state index is 0.0971. The molecule has 0 bridgehead atoms. The predicted octanol–water partition coefficient (Wildman–Crippen LogP) is 2.90. The third-order valence-corrected chi connectivity index (χ3v) is 3.40. The molecule has 0 amide bonds. The summed E-state index contributed by atoms with van der Waals surface area (Å²) in [6.07, 6.45) is 0. The molecule has 0 N–H and O–H groups in total. The third kappa shape index (κ3) is 3.52. The first-order valence-electron chi connectivity index (χ1n) is 7.06. The summed E-state index contributed by atoms with van der Waals surface area (Å²) in [4.78, 5) is 12.2. The maximum absolute atomic E-state index is 12.2. The van der Waals surface area contributed by atoms with Crippen LogP contribution in [0.15, 0.2) is 41.2 Å². The molecular weight excluding hydrogens is 266 g/mol. The highest BCUT2D eigenvalue weighted by atomic mass is 16.5. The van der Waals surface area contributed by atoms with Crippen LogP contribution in [0.1, 0.15) is 23.9 Å². The fourth-order valence-electron chi connectivity index (χ4n) is 2.42. The van der Waals surface area contributed by atoms with Gasteiger partial charge in [-0.1, -0.05) is 30.3 Å². The van der Waals surface area contributed by atoms with Crippen LogP contribution >= 0.6 is 0 Å². The highest BCUT2D eigenvalue weighted by molar-refractivity contribution is 5.31. The van der Waals surface area contributed by atoms with Gasteiger partial charge in [0.15, 0.2) is 5.75 Å². The lowest BCUT2D eigenvalue weighted by Crippen LogP contribution is -2.19. The van der Waals surface area contributed by atoms with Crippen molar-refractivity contribution in [1.82, 2.24) is 4.57 Å². The number of benzene rings is 1. The van der Waals surface area contributed by atoms with Gasteiger partial charge >= 0.3 is 0 Å². The molecule has 0 aliphatic carbocycles. The highest BCUT2D eigenvalue weighted by Crippen LogP contribution is 2.18. The Morgan fingerprint density at radius 1 is 1.14 bits per heavy atom. The van der Waals surface area contributed by atoms with E-state index in [1.165, 1.54) is 0 Å². The molecule has 0 saturated carbocycles. The molecule has 1 aromatic heterocycles. The summed E-state index contributed by atoms with van der Waals surface area (Å²) in [5.41, 5.74) is 2.65. The lowest BCUT2D eigenvalue weighted by atomic mass is 10.2. The van der Waals surface area contributed by atoms with E-state index in [9.17, 15) is 4.79 Å². The Morgan fingerprint density at radius 3 is 2.48 bits per heavy atom. The van der Waals surface area contributed by atoms with Crippen LogP contribution in [0, 0.1) is 6.92 Å². The maximum Gasteiger partial charge on any atom is 0.224 e. The average Bonchev–Trinajstić information content (AvgIpc) is 2.48. The summed E-state index contributed by atoms with van der Waals surface area (Å²) in [6, 6.07) is 11.4.